The molecule has 4 aromatic heterocycles. The number of carbonyl (C=O) groups is 2. The van der Waals surface area contributed by atoms with Gasteiger partial charge in [0.1, 0.15) is 4.83 Å². The highest BCUT2D eigenvalue weighted by Crippen LogP contribution is 2.29. The Labute approximate surface area is 157 Å². The van der Waals surface area contributed by atoms with Gasteiger partial charge in [0, 0.05) is 18.6 Å². The Morgan fingerprint density at radius 1 is 1.22 bits per heavy atom. The van der Waals surface area contributed by atoms with E-state index in [1.807, 2.05) is 24.4 Å². The van der Waals surface area contributed by atoms with Gasteiger partial charge >= 0.3 is 5.97 Å². The summed E-state index contributed by atoms with van der Waals surface area (Å²) in [5.41, 5.74) is 2.07. The SMILES string of the molecule is Cc1ncc(C(=O)O)cc1NC(=O)c1cnn2cc(-c3ccccn3)sc12. The number of rotatable bonds is 4. The molecule has 0 aliphatic rings. The van der Waals surface area contributed by atoms with Crippen LogP contribution < -0.4 is 5.32 Å². The number of aryl methyl sites for hydroxylation is 1. The van der Waals surface area contributed by atoms with Crippen LogP contribution in [0.2, 0.25) is 0 Å². The van der Waals surface area contributed by atoms with Crippen LogP contribution in [0.15, 0.2) is 49.1 Å². The predicted molar refractivity (Wildman–Crippen MR) is 100 cm³/mol. The number of aromatic nitrogens is 4. The van der Waals surface area contributed by atoms with E-state index in [1.165, 1.54) is 29.8 Å². The van der Waals surface area contributed by atoms with Gasteiger partial charge in [0.2, 0.25) is 0 Å². The summed E-state index contributed by atoms with van der Waals surface area (Å²) < 4.78 is 1.63. The fourth-order valence-electron chi connectivity index (χ4n) is 2.54. The first-order valence-electron chi connectivity index (χ1n) is 7.93. The van der Waals surface area contributed by atoms with Crippen molar-refractivity contribution >= 4 is 33.7 Å². The van der Waals surface area contributed by atoms with Crippen LogP contribution in [0.25, 0.3) is 15.4 Å². The third-order valence-corrected chi connectivity index (χ3v) is 5.07. The minimum atomic E-state index is -1.11. The first kappa shape index (κ1) is 16.9. The molecule has 2 N–H and O–H groups in total. The number of carboxylic acids is 1. The highest BCUT2D eigenvalue weighted by molar-refractivity contribution is 7.21. The molecular weight excluding hydrogens is 366 g/mol. The van der Waals surface area contributed by atoms with Crippen molar-refractivity contribution in [2.45, 2.75) is 6.92 Å². The Morgan fingerprint density at radius 3 is 2.81 bits per heavy atom. The first-order chi connectivity index (χ1) is 13.0. The molecule has 1 amide bonds. The average Bonchev–Trinajstić information content (AvgIpc) is 3.24. The number of thiazole rings is 1. The molecule has 0 aliphatic carbocycles. The van der Waals surface area contributed by atoms with E-state index in [0.29, 0.717) is 21.8 Å². The Bertz CT molecular complexity index is 1170. The van der Waals surface area contributed by atoms with Gasteiger partial charge in [0.05, 0.1) is 39.3 Å². The van der Waals surface area contributed by atoms with E-state index in [0.717, 1.165) is 10.6 Å². The number of carbonyl (C=O) groups excluding carboxylic acids is 1. The van der Waals surface area contributed by atoms with Crippen LogP contribution in [0.4, 0.5) is 5.69 Å². The van der Waals surface area contributed by atoms with Gasteiger partial charge in [-0.2, -0.15) is 5.10 Å². The number of pyridine rings is 2. The summed E-state index contributed by atoms with van der Waals surface area (Å²) in [5, 5.41) is 16.0. The van der Waals surface area contributed by atoms with Gasteiger partial charge in [0.15, 0.2) is 0 Å². The van der Waals surface area contributed by atoms with Crippen molar-refractivity contribution in [2.75, 3.05) is 5.32 Å². The molecule has 0 spiro atoms. The Balaban J connectivity index is 1.67. The van der Waals surface area contributed by atoms with Crippen LogP contribution in [0.1, 0.15) is 26.4 Å². The number of aromatic carboxylic acids is 1. The maximum Gasteiger partial charge on any atom is 0.337 e. The zero-order valence-corrected chi connectivity index (χ0v) is 14.9. The molecule has 0 aromatic carbocycles. The molecule has 0 atom stereocenters. The Morgan fingerprint density at radius 2 is 2.07 bits per heavy atom. The number of carboxylic acid groups (broad SMARTS) is 1. The van der Waals surface area contributed by atoms with Crippen molar-refractivity contribution < 1.29 is 14.7 Å². The maximum atomic E-state index is 12.7. The molecule has 0 saturated heterocycles. The number of hydrogen-bond donors (Lipinski definition) is 2. The second-order valence-electron chi connectivity index (χ2n) is 5.73. The van der Waals surface area contributed by atoms with E-state index in [2.05, 4.69) is 20.4 Å². The summed E-state index contributed by atoms with van der Waals surface area (Å²) >= 11 is 1.40. The zero-order chi connectivity index (χ0) is 19.0. The normalized spacial score (nSPS) is 10.9. The van der Waals surface area contributed by atoms with Gasteiger partial charge in [-0.3, -0.25) is 14.8 Å². The average molecular weight is 379 g/mol. The van der Waals surface area contributed by atoms with Crippen molar-refractivity contribution in [3.63, 3.8) is 0 Å². The quantitative estimate of drug-likeness (QED) is 0.564. The van der Waals surface area contributed by atoms with Crippen LogP contribution in [0.5, 0.6) is 0 Å². The topological polar surface area (TPSA) is 109 Å². The van der Waals surface area contributed by atoms with Gasteiger partial charge in [-0.15, -0.1) is 11.3 Å². The van der Waals surface area contributed by atoms with Crippen LogP contribution in [-0.4, -0.2) is 36.6 Å². The molecule has 8 nitrogen and oxygen atoms in total. The Hall–Kier alpha value is -3.59. The van der Waals surface area contributed by atoms with Gasteiger partial charge < -0.3 is 10.4 Å². The lowest BCUT2D eigenvalue weighted by Crippen LogP contribution is -2.13. The second-order valence-corrected chi connectivity index (χ2v) is 6.77. The highest BCUT2D eigenvalue weighted by Gasteiger charge is 2.18. The standard InChI is InChI=1S/C18H13N5O3S/c1-10-14(6-11(7-20-10)18(25)26)22-16(24)12-8-21-23-9-15(27-17(12)23)13-4-2-3-5-19-13/h2-9H,1H3,(H,22,24)(H,25,26). The van der Waals surface area contributed by atoms with Gasteiger partial charge in [-0.25, -0.2) is 9.31 Å². The molecule has 4 rings (SSSR count). The van der Waals surface area contributed by atoms with Gasteiger partial charge in [0.25, 0.3) is 5.91 Å². The number of hydrogen-bond acceptors (Lipinski definition) is 6. The van der Waals surface area contributed by atoms with E-state index < -0.39 is 5.97 Å². The van der Waals surface area contributed by atoms with Crippen molar-refractivity contribution in [2.24, 2.45) is 0 Å². The van der Waals surface area contributed by atoms with E-state index in [4.69, 9.17) is 5.11 Å². The fraction of sp³-hybridized carbons (Fsp3) is 0.0556. The fourth-order valence-corrected chi connectivity index (χ4v) is 3.57. The van der Waals surface area contributed by atoms with Crippen LogP contribution in [0.3, 0.4) is 0 Å². The number of nitrogens with zero attached hydrogens (tertiary/aromatic N) is 4. The second kappa shape index (κ2) is 6.61. The third-order valence-electron chi connectivity index (χ3n) is 3.94. The molecule has 4 heterocycles. The molecule has 0 unspecified atom stereocenters. The molecule has 27 heavy (non-hydrogen) atoms. The first-order valence-corrected chi connectivity index (χ1v) is 8.74. The van der Waals surface area contributed by atoms with E-state index in [-0.39, 0.29) is 11.5 Å². The summed E-state index contributed by atoms with van der Waals surface area (Å²) in [6, 6.07) is 7.00. The molecule has 0 aliphatic heterocycles. The van der Waals surface area contributed by atoms with Crippen LogP contribution in [0, 0.1) is 6.92 Å². The minimum Gasteiger partial charge on any atom is -0.478 e. The number of fused-ring (bicyclic) bond motifs is 1. The lowest BCUT2D eigenvalue weighted by atomic mass is 10.2. The van der Waals surface area contributed by atoms with Gasteiger partial charge in [-0.1, -0.05) is 6.07 Å². The molecular formula is C18H13N5O3S. The maximum absolute atomic E-state index is 12.7. The largest absolute Gasteiger partial charge is 0.478 e. The van der Waals surface area contributed by atoms with Crippen molar-refractivity contribution in [1.82, 2.24) is 19.6 Å². The smallest absolute Gasteiger partial charge is 0.337 e. The number of nitrogens with one attached hydrogen (secondary N) is 1. The molecule has 0 bridgehead atoms. The molecule has 4 aromatic rings. The van der Waals surface area contributed by atoms with Crippen LogP contribution in [-0.2, 0) is 0 Å². The summed E-state index contributed by atoms with van der Waals surface area (Å²) in [5.74, 6) is -1.49. The summed E-state index contributed by atoms with van der Waals surface area (Å²) in [7, 11) is 0. The predicted octanol–water partition coefficient (Wildman–Crippen LogP) is 3.11. The summed E-state index contributed by atoms with van der Waals surface area (Å²) in [6.07, 6.45) is 6.25. The van der Waals surface area contributed by atoms with Gasteiger partial charge in [-0.05, 0) is 25.1 Å². The van der Waals surface area contributed by atoms with Crippen molar-refractivity contribution in [3.05, 3.63) is 65.9 Å². The lowest BCUT2D eigenvalue weighted by Gasteiger charge is -2.07. The summed E-state index contributed by atoms with van der Waals surface area (Å²) in [4.78, 5) is 33.7. The molecule has 134 valence electrons. The van der Waals surface area contributed by atoms with Crippen molar-refractivity contribution in [1.29, 1.82) is 0 Å². The molecule has 9 heteroatoms. The van der Waals surface area contributed by atoms with Crippen molar-refractivity contribution in [3.8, 4) is 10.6 Å². The molecule has 0 fully saturated rings. The lowest BCUT2D eigenvalue weighted by molar-refractivity contribution is 0.0696. The van der Waals surface area contributed by atoms with E-state index in [9.17, 15) is 9.59 Å². The molecule has 0 radical (unpaired) electrons. The minimum absolute atomic E-state index is 0.00427. The van der Waals surface area contributed by atoms with Crippen LogP contribution >= 0.6 is 11.3 Å². The number of anilines is 1. The Kier molecular flexibility index (Phi) is 4.13. The van der Waals surface area contributed by atoms with E-state index >= 15 is 0 Å². The third kappa shape index (κ3) is 3.15. The molecule has 0 saturated carbocycles. The highest BCUT2D eigenvalue weighted by atomic mass is 32.1. The summed E-state index contributed by atoms with van der Waals surface area (Å²) in [6.45, 7) is 1.69. The van der Waals surface area contributed by atoms with E-state index in [1.54, 1.807) is 17.6 Å². The monoisotopic (exact) mass is 379 g/mol. The zero-order valence-electron chi connectivity index (χ0n) is 14.1. The number of amides is 1.